The molecule has 4 heterocycles. The Morgan fingerprint density at radius 2 is 2.00 bits per heavy atom. The highest BCUT2D eigenvalue weighted by molar-refractivity contribution is 9.10. The van der Waals surface area contributed by atoms with Gasteiger partial charge in [-0.2, -0.15) is 0 Å². The van der Waals surface area contributed by atoms with Gasteiger partial charge in [-0.3, -0.25) is 9.20 Å². The van der Waals surface area contributed by atoms with Gasteiger partial charge in [0.05, 0.1) is 34.4 Å². The van der Waals surface area contributed by atoms with Gasteiger partial charge in [0.2, 0.25) is 5.75 Å². The Kier molecular flexibility index (Phi) is 8.95. The van der Waals surface area contributed by atoms with Crippen molar-refractivity contribution in [2.45, 2.75) is 26.8 Å². The molecular formula is C27H29BrFN5O4S2. The first-order chi connectivity index (χ1) is 19.3. The largest absolute Gasteiger partial charge is 0.501 e. The first-order valence-electron chi connectivity index (χ1n) is 12.9. The Labute approximate surface area is 246 Å². The molecule has 212 valence electrons. The van der Waals surface area contributed by atoms with E-state index in [1.807, 2.05) is 24.2 Å². The van der Waals surface area contributed by atoms with E-state index in [2.05, 4.69) is 30.8 Å². The lowest BCUT2D eigenvalue weighted by molar-refractivity contribution is 0.122. The first-order valence-corrected chi connectivity index (χ1v) is 15.8. The lowest BCUT2D eigenvalue weighted by Gasteiger charge is -2.29. The van der Waals surface area contributed by atoms with Gasteiger partial charge in [-0.1, -0.05) is 19.9 Å². The highest BCUT2D eigenvalue weighted by Gasteiger charge is 2.21. The van der Waals surface area contributed by atoms with Gasteiger partial charge in [0.15, 0.2) is 5.65 Å². The molecule has 1 unspecified atom stereocenters. The van der Waals surface area contributed by atoms with E-state index < -0.39 is 22.3 Å². The number of nitrogens with zero attached hydrogens (tertiary/aromatic N) is 5. The van der Waals surface area contributed by atoms with Crippen LogP contribution in [0.25, 0.3) is 16.3 Å². The topological polar surface area (TPSA) is 100 Å². The van der Waals surface area contributed by atoms with Gasteiger partial charge in [-0.25, -0.2) is 22.9 Å². The van der Waals surface area contributed by atoms with Crippen LogP contribution in [0.15, 0.2) is 45.9 Å². The third-order valence-corrected chi connectivity index (χ3v) is 9.79. The molecule has 9 nitrogen and oxygen atoms in total. The maximum Gasteiger partial charge on any atom is 0.300 e. The quantitative estimate of drug-likeness (QED) is 0.288. The van der Waals surface area contributed by atoms with Crippen molar-refractivity contribution in [2.24, 2.45) is 0 Å². The number of hydrogen-bond donors (Lipinski definition) is 1. The standard InChI is InChI=1S/C27H29BrFN5O4S2/c1-3-33(40(37)4-2)15-18-11-19(29)6-5-17(18)12-21-14-30-26(39-21)23-24(35)27(36)34-16-20(13-22(28)25(34)31-23)32-7-9-38-10-8-32/h5-6,11,13-14,16,35H,3-4,7-10,12,15H2,1-2H3. The van der Waals surface area contributed by atoms with Crippen molar-refractivity contribution in [1.82, 2.24) is 18.7 Å². The summed E-state index contributed by atoms with van der Waals surface area (Å²) >= 11 is 4.85. The lowest BCUT2D eigenvalue weighted by atomic mass is 10.0. The van der Waals surface area contributed by atoms with Crippen LogP contribution >= 0.6 is 27.3 Å². The van der Waals surface area contributed by atoms with Gasteiger partial charge in [0.1, 0.15) is 16.5 Å². The molecule has 0 saturated carbocycles. The summed E-state index contributed by atoms with van der Waals surface area (Å²) in [5.41, 5.74) is 2.36. The van der Waals surface area contributed by atoms with E-state index >= 15 is 0 Å². The van der Waals surface area contributed by atoms with Crippen molar-refractivity contribution in [3.63, 3.8) is 0 Å². The van der Waals surface area contributed by atoms with Crippen molar-refractivity contribution < 1.29 is 18.4 Å². The fraction of sp³-hybridized carbons (Fsp3) is 0.370. The van der Waals surface area contributed by atoms with Crippen LogP contribution < -0.4 is 10.5 Å². The fourth-order valence-electron chi connectivity index (χ4n) is 4.62. The third-order valence-electron chi connectivity index (χ3n) is 6.74. The number of hydrogen-bond acceptors (Lipinski definition) is 8. The van der Waals surface area contributed by atoms with Crippen LogP contribution in [0, 0.1) is 5.82 Å². The molecule has 5 rings (SSSR count). The molecule has 1 N–H and O–H groups in total. The molecule has 0 amide bonds. The minimum Gasteiger partial charge on any atom is -0.501 e. The van der Waals surface area contributed by atoms with Crippen molar-refractivity contribution in [3.05, 3.63) is 73.3 Å². The molecule has 1 saturated heterocycles. The number of fused-ring (bicyclic) bond motifs is 1. The summed E-state index contributed by atoms with van der Waals surface area (Å²) in [7, 11) is -1.15. The fourth-order valence-corrected chi connectivity index (χ4v) is 7.00. The number of ether oxygens (including phenoxy) is 1. The molecule has 1 aliphatic heterocycles. The van der Waals surface area contributed by atoms with E-state index in [4.69, 9.17) is 4.74 Å². The van der Waals surface area contributed by atoms with E-state index in [9.17, 15) is 18.5 Å². The van der Waals surface area contributed by atoms with Crippen LogP contribution in [0.5, 0.6) is 5.75 Å². The highest BCUT2D eigenvalue weighted by Crippen LogP contribution is 2.33. The number of halogens is 2. The molecule has 3 aromatic heterocycles. The maximum atomic E-state index is 14.1. The zero-order chi connectivity index (χ0) is 28.4. The van der Waals surface area contributed by atoms with E-state index in [1.54, 1.807) is 18.5 Å². The van der Waals surface area contributed by atoms with E-state index in [0.29, 0.717) is 66.7 Å². The lowest BCUT2D eigenvalue weighted by Crippen LogP contribution is -2.36. The normalized spacial score (nSPS) is 14.8. The van der Waals surface area contributed by atoms with E-state index in [-0.39, 0.29) is 11.5 Å². The molecule has 0 spiro atoms. The summed E-state index contributed by atoms with van der Waals surface area (Å²) in [5.74, 6) is -0.341. The summed E-state index contributed by atoms with van der Waals surface area (Å²) < 4.78 is 35.7. The maximum absolute atomic E-state index is 14.1. The molecule has 4 aromatic rings. The van der Waals surface area contributed by atoms with Crippen molar-refractivity contribution in [2.75, 3.05) is 43.5 Å². The second-order valence-corrected chi connectivity index (χ2v) is 12.9. The van der Waals surface area contributed by atoms with Crippen molar-refractivity contribution in [3.8, 4) is 16.5 Å². The average Bonchev–Trinajstić information content (AvgIpc) is 3.43. The Morgan fingerprint density at radius 1 is 1.23 bits per heavy atom. The highest BCUT2D eigenvalue weighted by atomic mass is 79.9. The van der Waals surface area contributed by atoms with Crippen LogP contribution in [-0.2, 0) is 28.7 Å². The molecule has 1 aliphatic rings. The van der Waals surface area contributed by atoms with Crippen LogP contribution in [0.4, 0.5) is 10.1 Å². The van der Waals surface area contributed by atoms with Gasteiger partial charge in [-0.15, -0.1) is 11.3 Å². The van der Waals surface area contributed by atoms with E-state index in [0.717, 1.165) is 21.7 Å². The second kappa shape index (κ2) is 12.4. The van der Waals surface area contributed by atoms with Crippen LogP contribution in [0.1, 0.15) is 29.9 Å². The third kappa shape index (κ3) is 5.98. The summed E-state index contributed by atoms with van der Waals surface area (Å²) in [5, 5.41) is 11.3. The zero-order valence-electron chi connectivity index (χ0n) is 22.1. The summed E-state index contributed by atoms with van der Waals surface area (Å²) in [6.07, 6.45) is 3.82. The Morgan fingerprint density at radius 3 is 2.73 bits per heavy atom. The molecule has 1 fully saturated rings. The van der Waals surface area contributed by atoms with Gasteiger partial charge in [0, 0.05) is 55.6 Å². The number of aromatic nitrogens is 3. The van der Waals surface area contributed by atoms with Gasteiger partial charge in [0.25, 0.3) is 0 Å². The molecule has 40 heavy (non-hydrogen) atoms. The Hall–Kier alpha value is -2.71. The molecule has 0 radical (unpaired) electrons. The minimum absolute atomic E-state index is 0.107. The van der Waals surface area contributed by atoms with Crippen LogP contribution in [0.3, 0.4) is 0 Å². The molecular weight excluding hydrogens is 621 g/mol. The van der Waals surface area contributed by atoms with Crippen LogP contribution in [0.2, 0.25) is 0 Å². The summed E-state index contributed by atoms with van der Waals surface area (Å²) in [6.45, 7) is 7.33. The number of thiazole rings is 1. The molecule has 1 atom stereocenters. The second-order valence-electron chi connectivity index (χ2n) is 9.24. The van der Waals surface area contributed by atoms with Gasteiger partial charge < -0.3 is 14.7 Å². The van der Waals surface area contributed by atoms with Crippen molar-refractivity contribution >= 4 is 49.6 Å². The minimum atomic E-state index is -1.15. The van der Waals surface area contributed by atoms with Crippen molar-refractivity contribution in [1.29, 1.82) is 0 Å². The predicted molar refractivity (Wildman–Crippen MR) is 159 cm³/mol. The number of morpholine rings is 1. The van der Waals surface area contributed by atoms with Crippen LogP contribution in [-0.4, -0.2) is 66.6 Å². The monoisotopic (exact) mass is 649 g/mol. The molecule has 13 heteroatoms. The SMILES string of the molecule is CCN(Cc1cc(F)ccc1Cc1cnc(-c2nc3c(Br)cc(N4CCOCC4)cn3c(=O)c2O)s1)S(=O)CC. The average molecular weight is 651 g/mol. The number of benzene rings is 1. The number of pyridine rings is 1. The van der Waals surface area contributed by atoms with Gasteiger partial charge >= 0.3 is 5.56 Å². The number of anilines is 1. The molecule has 1 aromatic carbocycles. The van der Waals surface area contributed by atoms with E-state index in [1.165, 1.54) is 27.9 Å². The van der Waals surface area contributed by atoms with Gasteiger partial charge in [-0.05, 0) is 45.3 Å². The zero-order valence-corrected chi connectivity index (χ0v) is 25.3. The smallest absolute Gasteiger partial charge is 0.300 e. The number of aromatic hydroxyl groups is 1. The predicted octanol–water partition coefficient (Wildman–Crippen LogP) is 4.36. The Balaban J connectivity index is 1.45. The summed E-state index contributed by atoms with van der Waals surface area (Å²) in [6, 6.07) is 6.53. The number of rotatable bonds is 9. The first kappa shape index (κ1) is 28.8. The molecule has 0 bridgehead atoms. The summed E-state index contributed by atoms with van der Waals surface area (Å²) in [4.78, 5) is 25.2. The molecule has 0 aliphatic carbocycles. The Bertz CT molecular complexity index is 1620.